The van der Waals surface area contributed by atoms with Crippen molar-refractivity contribution in [2.45, 2.75) is 39.7 Å². The quantitative estimate of drug-likeness (QED) is 0.864. The molecule has 118 valence electrons. The zero-order valence-electron chi connectivity index (χ0n) is 13.4. The summed E-state index contributed by atoms with van der Waals surface area (Å²) in [7, 11) is 0. The molecule has 0 amide bonds. The minimum atomic E-state index is -0.0504. The fraction of sp³-hybridized carbons (Fsp3) is 0.600. The highest BCUT2D eigenvalue weighted by Crippen LogP contribution is 2.28. The van der Waals surface area contributed by atoms with Gasteiger partial charge in [0.15, 0.2) is 0 Å². The molecule has 2 aromatic heterocycles. The van der Waals surface area contributed by atoms with Gasteiger partial charge in [0, 0.05) is 30.5 Å². The molecule has 22 heavy (non-hydrogen) atoms. The Morgan fingerprint density at radius 2 is 2.00 bits per heavy atom. The van der Waals surface area contributed by atoms with E-state index >= 15 is 0 Å². The SMILES string of the molecule is Cc1nnc(N2CC(Cn3nc(C(C)(C)C)ccc3=O)C2)s1. The van der Waals surface area contributed by atoms with Crippen LogP contribution in [0.4, 0.5) is 5.13 Å². The number of aromatic nitrogens is 4. The highest BCUT2D eigenvalue weighted by molar-refractivity contribution is 7.15. The van der Waals surface area contributed by atoms with E-state index in [0.717, 1.165) is 28.9 Å². The van der Waals surface area contributed by atoms with E-state index in [-0.39, 0.29) is 11.0 Å². The maximum absolute atomic E-state index is 12.0. The summed E-state index contributed by atoms with van der Waals surface area (Å²) in [4.78, 5) is 14.2. The molecule has 1 aliphatic heterocycles. The van der Waals surface area contributed by atoms with Gasteiger partial charge >= 0.3 is 0 Å². The second-order valence-corrected chi connectivity index (χ2v) is 8.02. The van der Waals surface area contributed by atoms with Crippen LogP contribution in [0.2, 0.25) is 0 Å². The van der Waals surface area contributed by atoms with E-state index < -0.39 is 0 Å². The first-order valence-electron chi connectivity index (χ1n) is 7.46. The molecule has 3 heterocycles. The molecule has 2 aromatic rings. The van der Waals surface area contributed by atoms with Gasteiger partial charge in [-0.05, 0) is 13.0 Å². The van der Waals surface area contributed by atoms with Crippen LogP contribution in [0.3, 0.4) is 0 Å². The Hall–Kier alpha value is -1.76. The first-order valence-corrected chi connectivity index (χ1v) is 8.28. The Balaban J connectivity index is 1.67. The Morgan fingerprint density at radius 1 is 1.27 bits per heavy atom. The van der Waals surface area contributed by atoms with Gasteiger partial charge in [0.1, 0.15) is 5.01 Å². The molecule has 0 aliphatic carbocycles. The molecule has 0 atom stereocenters. The Kier molecular flexibility index (Phi) is 3.76. The van der Waals surface area contributed by atoms with Crippen LogP contribution in [0.15, 0.2) is 16.9 Å². The van der Waals surface area contributed by atoms with Gasteiger partial charge in [-0.1, -0.05) is 32.1 Å². The molecule has 0 radical (unpaired) electrons. The maximum Gasteiger partial charge on any atom is 0.266 e. The molecule has 1 fully saturated rings. The fourth-order valence-corrected chi connectivity index (χ4v) is 3.19. The highest BCUT2D eigenvalue weighted by atomic mass is 32.1. The van der Waals surface area contributed by atoms with E-state index in [1.165, 1.54) is 0 Å². The number of aryl methyl sites for hydroxylation is 1. The minimum Gasteiger partial charge on any atom is -0.346 e. The van der Waals surface area contributed by atoms with Gasteiger partial charge in [0.25, 0.3) is 5.56 Å². The monoisotopic (exact) mass is 319 g/mol. The molecule has 6 nitrogen and oxygen atoms in total. The summed E-state index contributed by atoms with van der Waals surface area (Å²) in [6.07, 6.45) is 0. The topological polar surface area (TPSA) is 63.9 Å². The fourth-order valence-electron chi connectivity index (χ4n) is 2.48. The van der Waals surface area contributed by atoms with Crippen molar-refractivity contribution in [3.8, 4) is 0 Å². The number of hydrogen-bond acceptors (Lipinski definition) is 6. The van der Waals surface area contributed by atoms with E-state index in [2.05, 4.69) is 41.0 Å². The highest BCUT2D eigenvalue weighted by Gasteiger charge is 2.30. The number of nitrogens with zero attached hydrogens (tertiary/aromatic N) is 5. The van der Waals surface area contributed by atoms with Crippen molar-refractivity contribution < 1.29 is 0 Å². The van der Waals surface area contributed by atoms with Crippen LogP contribution in [0.1, 0.15) is 31.5 Å². The summed E-state index contributed by atoms with van der Waals surface area (Å²) >= 11 is 1.61. The zero-order valence-corrected chi connectivity index (χ0v) is 14.2. The second-order valence-electron chi connectivity index (χ2n) is 6.86. The number of rotatable bonds is 3. The van der Waals surface area contributed by atoms with Gasteiger partial charge in [0.05, 0.1) is 12.2 Å². The van der Waals surface area contributed by atoms with Crippen molar-refractivity contribution in [2.24, 2.45) is 5.92 Å². The molecule has 0 N–H and O–H groups in total. The summed E-state index contributed by atoms with van der Waals surface area (Å²) < 4.78 is 1.61. The van der Waals surface area contributed by atoms with E-state index in [9.17, 15) is 4.79 Å². The van der Waals surface area contributed by atoms with Crippen LogP contribution in [0.5, 0.6) is 0 Å². The van der Waals surface area contributed by atoms with E-state index in [1.54, 1.807) is 22.1 Å². The Morgan fingerprint density at radius 3 is 2.59 bits per heavy atom. The predicted molar refractivity (Wildman–Crippen MR) is 87.5 cm³/mol. The van der Waals surface area contributed by atoms with E-state index in [0.29, 0.717) is 12.5 Å². The van der Waals surface area contributed by atoms with Crippen LogP contribution in [0, 0.1) is 12.8 Å². The van der Waals surface area contributed by atoms with Crippen LogP contribution < -0.4 is 10.5 Å². The lowest BCUT2D eigenvalue weighted by Gasteiger charge is -2.38. The molecule has 0 saturated carbocycles. The summed E-state index contributed by atoms with van der Waals surface area (Å²) in [5.74, 6) is 0.435. The summed E-state index contributed by atoms with van der Waals surface area (Å²) in [5.41, 5.74) is 0.867. The average Bonchev–Trinajstić information content (AvgIpc) is 2.80. The van der Waals surface area contributed by atoms with E-state index in [4.69, 9.17) is 0 Å². The molecule has 0 bridgehead atoms. The van der Waals surface area contributed by atoms with Crippen LogP contribution in [0.25, 0.3) is 0 Å². The first kappa shape index (κ1) is 15.1. The van der Waals surface area contributed by atoms with Crippen molar-refractivity contribution in [1.82, 2.24) is 20.0 Å². The Bertz CT molecular complexity index is 724. The van der Waals surface area contributed by atoms with Crippen LogP contribution >= 0.6 is 11.3 Å². The normalized spacial score (nSPS) is 15.9. The number of anilines is 1. The van der Waals surface area contributed by atoms with Crippen molar-refractivity contribution >= 4 is 16.5 Å². The van der Waals surface area contributed by atoms with Gasteiger partial charge in [-0.2, -0.15) is 5.10 Å². The lowest BCUT2D eigenvalue weighted by Crippen LogP contribution is -2.49. The van der Waals surface area contributed by atoms with Gasteiger partial charge in [-0.25, -0.2) is 4.68 Å². The van der Waals surface area contributed by atoms with Crippen molar-refractivity contribution in [3.63, 3.8) is 0 Å². The number of hydrogen-bond donors (Lipinski definition) is 0. The molecule has 0 spiro atoms. The molecular weight excluding hydrogens is 298 g/mol. The second kappa shape index (κ2) is 5.46. The van der Waals surface area contributed by atoms with Crippen molar-refractivity contribution in [1.29, 1.82) is 0 Å². The van der Waals surface area contributed by atoms with Crippen LogP contribution in [-0.4, -0.2) is 33.1 Å². The molecule has 1 saturated heterocycles. The van der Waals surface area contributed by atoms with Gasteiger partial charge in [-0.3, -0.25) is 4.79 Å². The lowest BCUT2D eigenvalue weighted by molar-refractivity contribution is 0.329. The van der Waals surface area contributed by atoms with Gasteiger partial charge < -0.3 is 4.90 Å². The third kappa shape index (κ3) is 3.04. The zero-order chi connectivity index (χ0) is 15.9. The van der Waals surface area contributed by atoms with Gasteiger partial charge in [0.2, 0.25) is 5.13 Å². The first-order chi connectivity index (χ1) is 10.3. The molecule has 3 rings (SSSR count). The van der Waals surface area contributed by atoms with Gasteiger partial charge in [-0.15, -0.1) is 10.2 Å². The third-order valence-electron chi connectivity index (χ3n) is 3.81. The minimum absolute atomic E-state index is 0.0294. The molecule has 0 aromatic carbocycles. The van der Waals surface area contributed by atoms with Crippen molar-refractivity contribution in [2.75, 3.05) is 18.0 Å². The smallest absolute Gasteiger partial charge is 0.266 e. The molecule has 1 aliphatic rings. The Labute approximate surface area is 133 Å². The summed E-state index contributed by atoms with van der Waals surface area (Å²) in [6, 6.07) is 3.45. The lowest BCUT2D eigenvalue weighted by atomic mass is 9.92. The largest absolute Gasteiger partial charge is 0.346 e. The third-order valence-corrected chi connectivity index (χ3v) is 4.71. The summed E-state index contributed by atoms with van der Waals surface area (Å²) in [6.45, 7) is 10.7. The molecule has 7 heteroatoms. The van der Waals surface area contributed by atoms with Crippen LogP contribution in [-0.2, 0) is 12.0 Å². The predicted octanol–water partition coefficient (Wildman–Crippen LogP) is 1.84. The summed E-state index contributed by atoms with van der Waals surface area (Å²) in [5, 5.41) is 14.7. The van der Waals surface area contributed by atoms with Crippen molar-refractivity contribution in [3.05, 3.63) is 33.2 Å². The molecular formula is C15H21N5OS. The average molecular weight is 319 g/mol. The molecule has 0 unspecified atom stereocenters. The standard InChI is InChI=1S/C15H21N5OS/c1-10-16-17-14(22-10)19-7-11(8-19)9-20-13(21)6-5-12(18-20)15(2,3)4/h5-6,11H,7-9H2,1-4H3. The maximum atomic E-state index is 12.0. The van der Waals surface area contributed by atoms with E-state index in [1.807, 2.05) is 13.0 Å².